The number of hydrogen-bond donors (Lipinski definition) is 2. The van der Waals surface area contributed by atoms with Gasteiger partial charge in [0.05, 0.1) is 6.10 Å². The summed E-state index contributed by atoms with van der Waals surface area (Å²) in [6, 6.07) is 29.2. The molecule has 2 N–H and O–H groups in total. The van der Waals surface area contributed by atoms with Crippen molar-refractivity contribution in [2.75, 3.05) is 0 Å². The molecule has 0 saturated carbocycles. The Morgan fingerprint density at radius 1 is 0.828 bits per heavy atom. The summed E-state index contributed by atoms with van der Waals surface area (Å²) < 4.78 is 5.85. The first-order valence-electron chi connectivity index (χ1n) is 10.5. The molecule has 0 radical (unpaired) electrons. The number of nitrogens with one attached hydrogen (secondary N) is 1. The summed E-state index contributed by atoms with van der Waals surface area (Å²) in [5, 5.41) is 14.5. The van der Waals surface area contributed by atoms with Crippen LogP contribution in [0.5, 0.6) is 5.75 Å². The van der Waals surface area contributed by atoms with E-state index in [-0.39, 0.29) is 6.04 Å². The van der Waals surface area contributed by atoms with Crippen molar-refractivity contribution in [3.63, 3.8) is 0 Å². The molecule has 1 aliphatic heterocycles. The fourth-order valence-corrected chi connectivity index (χ4v) is 4.05. The van der Waals surface area contributed by atoms with Crippen molar-refractivity contribution in [3.8, 4) is 5.75 Å². The highest BCUT2D eigenvalue weighted by Gasteiger charge is 2.29. The van der Waals surface area contributed by atoms with Crippen molar-refractivity contribution in [2.24, 2.45) is 0 Å². The van der Waals surface area contributed by atoms with Crippen LogP contribution >= 0.6 is 0 Å². The molecule has 150 valence electrons. The SMILES string of the molecule is OC(c1ccc(OCc2ccccc2)cc1)C1CCC(CCc2ccccc2)N1. The molecule has 1 aliphatic rings. The summed E-state index contributed by atoms with van der Waals surface area (Å²) in [4.78, 5) is 0. The second-order valence-corrected chi connectivity index (χ2v) is 7.86. The zero-order valence-corrected chi connectivity index (χ0v) is 16.7. The third kappa shape index (κ3) is 5.47. The lowest BCUT2D eigenvalue weighted by Gasteiger charge is -2.21. The summed E-state index contributed by atoms with van der Waals surface area (Å²) in [5.74, 6) is 0.824. The second-order valence-electron chi connectivity index (χ2n) is 7.86. The van der Waals surface area contributed by atoms with Crippen LogP contribution in [-0.4, -0.2) is 17.2 Å². The first-order chi connectivity index (χ1) is 14.3. The molecular weight excluding hydrogens is 358 g/mol. The van der Waals surface area contributed by atoms with Crippen molar-refractivity contribution in [1.82, 2.24) is 5.32 Å². The zero-order chi connectivity index (χ0) is 19.9. The Morgan fingerprint density at radius 3 is 2.17 bits per heavy atom. The van der Waals surface area contributed by atoms with E-state index in [2.05, 4.69) is 47.8 Å². The molecule has 0 bridgehead atoms. The molecular formula is C26H29NO2. The lowest BCUT2D eigenvalue weighted by atomic mass is 10.0. The minimum Gasteiger partial charge on any atom is -0.489 e. The molecule has 29 heavy (non-hydrogen) atoms. The van der Waals surface area contributed by atoms with E-state index in [0.717, 1.165) is 42.6 Å². The molecule has 1 saturated heterocycles. The van der Waals surface area contributed by atoms with Gasteiger partial charge in [-0.05, 0) is 54.5 Å². The molecule has 3 atom stereocenters. The van der Waals surface area contributed by atoms with E-state index in [1.165, 1.54) is 5.56 Å². The maximum Gasteiger partial charge on any atom is 0.119 e. The first-order valence-corrected chi connectivity index (χ1v) is 10.5. The number of rotatable bonds is 8. The quantitative estimate of drug-likeness (QED) is 0.568. The van der Waals surface area contributed by atoms with Gasteiger partial charge >= 0.3 is 0 Å². The van der Waals surface area contributed by atoms with Gasteiger partial charge in [0.25, 0.3) is 0 Å². The molecule has 0 spiro atoms. The van der Waals surface area contributed by atoms with E-state index in [1.54, 1.807) is 0 Å². The number of ether oxygens (including phenoxy) is 1. The maximum absolute atomic E-state index is 10.8. The largest absolute Gasteiger partial charge is 0.489 e. The van der Waals surface area contributed by atoms with Gasteiger partial charge in [-0.3, -0.25) is 0 Å². The van der Waals surface area contributed by atoms with Crippen LogP contribution in [0.25, 0.3) is 0 Å². The molecule has 0 aliphatic carbocycles. The van der Waals surface area contributed by atoms with Crippen molar-refractivity contribution in [3.05, 3.63) is 102 Å². The van der Waals surface area contributed by atoms with Crippen LogP contribution in [0.3, 0.4) is 0 Å². The number of hydrogen-bond acceptors (Lipinski definition) is 3. The maximum atomic E-state index is 10.8. The summed E-state index contributed by atoms with van der Waals surface area (Å²) in [7, 11) is 0. The minimum atomic E-state index is -0.486. The zero-order valence-electron chi connectivity index (χ0n) is 16.7. The van der Waals surface area contributed by atoms with E-state index in [4.69, 9.17) is 4.74 Å². The fourth-order valence-electron chi connectivity index (χ4n) is 4.05. The van der Waals surface area contributed by atoms with E-state index in [9.17, 15) is 5.11 Å². The van der Waals surface area contributed by atoms with Crippen molar-refractivity contribution in [2.45, 2.75) is 50.5 Å². The summed E-state index contributed by atoms with van der Waals surface area (Å²) in [6.45, 7) is 0.552. The number of benzene rings is 3. The van der Waals surface area contributed by atoms with Gasteiger partial charge in [-0.2, -0.15) is 0 Å². The van der Waals surface area contributed by atoms with Crippen LogP contribution in [0.1, 0.15) is 42.1 Å². The monoisotopic (exact) mass is 387 g/mol. The molecule has 3 nitrogen and oxygen atoms in total. The highest BCUT2D eigenvalue weighted by molar-refractivity contribution is 5.30. The van der Waals surface area contributed by atoms with Gasteiger partial charge in [0.1, 0.15) is 12.4 Å². The summed E-state index contributed by atoms with van der Waals surface area (Å²) >= 11 is 0. The predicted molar refractivity (Wildman–Crippen MR) is 117 cm³/mol. The third-order valence-electron chi connectivity index (χ3n) is 5.75. The Morgan fingerprint density at radius 2 is 1.48 bits per heavy atom. The van der Waals surface area contributed by atoms with Gasteiger partial charge in [0, 0.05) is 12.1 Å². The highest BCUT2D eigenvalue weighted by Crippen LogP contribution is 2.28. The summed E-state index contributed by atoms with van der Waals surface area (Å²) in [6.07, 6.45) is 3.83. The van der Waals surface area contributed by atoms with Gasteiger partial charge < -0.3 is 15.2 Å². The smallest absolute Gasteiger partial charge is 0.119 e. The number of aryl methyl sites for hydroxylation is 1. The Bertz CT molecular complexity index is 864. The molecule has 3 heteroatoms. The normalized spacial score (nSPS) is 19.8. The lowest BCUT2D eigenvalue weighted by Crippen LogP contribution is -2.34. The van der Waals surface area contributed by atoms with E-state index < -0.39 is 6.10 Å². The van der Waals surface area contributed by atoms with Crippen LogP contribution in [0.2, 0.25) is 0 Å². The Balaban J connectivity index is 1.26. The Hall–Kier alpha value is -2.62. The van der Waals surface area contributed by atoms with Crippen LogP contribution in [0.4, 0.5) is 0 Å². The van der Waals surface area contributed by atoms with Crippen LogP contribution in [0.15, 0.2) is 84.9 Å². The third-order valence-corrected chi connectivity index (χ3v) is 5.75. The molecule has 0 amide bonds. The molecule has 3 aromatic carbocycles. The van der Waals surface area contributed by atoms with Gasteiger partial charge in [-0.25, -0.2) is 0 Å². The van der Waals surface area contributed by atoms with Crippen molar-refractivity contribution >= 4 is 0 Å². The van der Waals surface area contributed by atoms with Gasteiger partial charge in [-0.15, -0.1) is 0 Å². The molecule has 3 unspecified atom stereocenters. The van der Waals surface area contributed by atoms with Gasteiger partial charge in [0.15, 0.2) is 0 Å². The fraction of sp³-hybridized carbons (Fsp3) is 0.308. The number of aliphatic hydroxyl groups excluding tert-OH is 1. The topological polar surface area (TPSA) is 41.5 Å². The van der Waals surface area contributed by atoms with E-state index in [1.807, 2.05) is 42.5 Å². The molecule has 1 fully saturated rings. The standard InChI is InChI=1S/C26H29NO2/c28-26(25-18-15-23(27-25)14-11-20-7-3-1-4-8-20)22-12-16-24(17-13-22)29-19-21-9-5-2-6-10-21/h1-10,12-13,16-17,23,25-28H,11,14-15,18-19H2. The van der Waals surface area contributed by atoms with Crippen molar-refractivity contribution in [1.29, 1.82) is 0 Å². The lowest BCUT2D eigenvalue weighted by molar-refractivity contribution is 0.135. The molecule has 1 heterocycles. The van der Waals surface area contributed by atoms with Gasteiger partial charge in [-0.1, -0.05) is 72.8 Å². The average Bonchev–Trinajstić information content (AvgIpc) is 3.27. The molecule has 0 aromatic heterocycles. The Kier molecular flexibility index (Phi) is 6.60. The first kappa shape index (κ1) is 19.7. The average molecular weight is 388 g/mol. The Labute approximate surface area is 173 Å². The van der Waals surface area contributed by atoms with Crippen LogP contribution < -0.4 is 10.1 Å². The van der Waals surface area contributed by atoms with Gasteiger partial charge in [0.2, 0.25) is 0 Å². The van der Waals surface area contributed by atoms with Crippen molar-refractivity contribution < 1.29 is 9.84 Å². The molecule has 4 rings (SSSR count). The predicted octanol–water partition coefficient (Wildman–Crippen LogP) is 5.05. The number of aliphatic hydroxyl groups is 1. The highest BCUT2D eigenvalue weighted by atomic mass is 16.5. The van der Waals surface area contributed by atoms with Crippen LogP contribution in [0, 0.1) is 0 Å². The second kappa shape index (κ2) is 9.73. The van der Waals surface area contributed by atoms with Crippen LogP contribution in [-0.2, 0) is 13.0 Å². The minimum absolute atomic E-state index is 0.117. The van der Waals surface area contributed by atoms with E-state index >= 15 is 0 Å². The molecule has 3 aromatic rings. The summed E-state index contributed by atoms with van der Waals surface area (Å²) in [5.41, 5.74) is 3.47. The van der Waals surface area contributed by atoms with E-state index in [0.29, 0.717) is 12.6 Å².